The molecule has 0 aromatic rings. The molecule has 0 rings (SSSR count). The number of carbonyl (C=O) groups excluding carboxylic acids is 1. The average molecular weight is 255 g/mol. The Morgan fingerprint density at radius 3 is 2.67 bits per heavy atom. The van der Waals surface area contributed by atoms with Crippen LogP contribution in [0.4, 0.5) is 0 Å². The van der Waals surface area contributed by atoms with Crippen LogP contribution < -0.4 is 11.1 Å². The highest BCUT2D eigenvalue weighted by Gasteiger charge is 2.04. The second kappa shape index (κ2) is 12.1. The molecule has 0 radical (unpaired) electrons. The minimum atomic E-state index is 0. The van der Waals surface area contributed by atoms with Gasteiger partial charge in [0.2, 0.25) is 5.91 Å². The molecule has 0 heterocycles. The quantitative estimate of drug-likeness (QED) is 0.650. The Balaban J connectivity index is 0. The summed E-state index contributed by atoms with van der Waals surface area (Å²) >= 11 is 1.85. The molecular formula is C10H23ClN2OS. The van der Waals surface area contributed by atoms with Crippen molar-refractivity contribution >= 4 is 30.1 Å². The van der Waals surface area contributed by atoms with Gasteiger partial charge in [0.05, 0.1) is 0 Å². The van der Waals surface area contributed by atoms with Crippen LogP contribution in [0.3, 0.4) is 0 Å². The van der Waals surface area contributed by atoms with Crippen LogP contribution in [0, 0.1) is 0 Å². The van der Waals surface area contributed by atoms with Crippen molar-refractivity contribution in [3.63, 3.8) is 0 Å². The average Bonchev–Trinajstić information content (AvgIpc) is 2.17. The predicted molar refractivity (Wildman–Crippen MR) is 70.8 cm³/mol. The molecule has 3 N–H and O–H groups in total. The van der Waals surface area contributed by atoms with Crippen molar-refractivity contribution < 1.29 is 4.79 Å². The third kappa shape index (κ3) is 12.0. The fourth-order valence-electron chi connectivity index (χ4n) is 0.919. The summed E-state index contributed by atoms with van der Waals surface area (Å²) in [5.41, 5.74) is 5.39. The van der Waals surface area contributed by atoms with Crippen LogP contribution in [0.2, 0.25) is 0 Å². The molecule has 0 bridgehead atoms. The Kier molecular flexibility index (Phi) is 14.1. The lowest BCUT2D eigenvalue weighted by Gasteiger charge is -2.10. The molecule has 92 valence electrons. The van der Waals surface area contributed by atoms with E-state index in [0.29, 0.717) is 13.0 Å². The molecule has 1 amide bonds. The van der Waals surface area contributed by atoms with Gasteiger partial charge in [-0.1, -0.05) is 13.3 Å². The Morgan fingerprint density at radius 1 is 1.47 bits per heavy atom. The maximum Gasteiger partial charge on any atom is 0.221 e. The van der Waals surface area contributed by atoms with Crippen molar-refractivity contribution in [2.75, 3.05) is 18.1 Å². The molecule has 0 aliphatic heterocycles. The summed E-state index contributed by atoms with van der Waals surface area (Å²) in [4.78, 5) is 11.3. The number of nitrogens with one attached hydrogen (secondary N) is 1. The number of thioether (sulfide) groups is 1. The maximum absolute atomic E-state index is 11.3. The lowest BCUT2D eigenvalue weighted by Crippen LogP contribution is -2.37. The lowest BCUT2D eigenvalue weighted by molar-refractivity contribution is -0.121. The Bertz CT molecular complexity index is 158. The summed E-state index contributed by atoms with van der Waals surface area (Å²) in [6, 6.07) is 0.100. The molecule has 0 aliphatic rings. The largest absolute Gasteiger partial charge is 0.352 e. The third-order valence-corrected chi connectivity index (χ3v) is 2.95. The van der Waals surface area contributed by atoms with E-state index in [4.69, 9.17) is 5.73 Å². The van der Waals surface area contributed by atoms with E-state index in [-0.39, 0.29) is 24.4 Å². The highest BCUT2D eigenvalue weighted by molar-refractivity contribution is 7.99. The SMILES string of the molecule is CCCCSCCC(=O)N[C@@H](C)CN.Cl. The first-order valence-corrected chi connectivity index (χ1v) is 6.43. The van der Waals surface area contributed by atoms with Crippen LogP contribution in [0.15, 0.2) is 0 Å². The normalized spacial score (nSPS) is 11.7. The van der Waals surface area contributed by atoms with Gasteiger partial charge in [-0.15, -0.1) is 12.4 Å². The summed E-state index contributed by atoms with van der Waals surface area (Å²) < 4.78 is 0. The number of amides is 1. The van der Waals surface area contributed by atoms with Crippen LogP contribution in [0.5, 0.6) is 0 Å². The Hall–Kier alpha value is 0.0700. The zero-order valence-electron chi connectivity index (χ0n) is 9.62. The standard InChI is InChI=1S/C10H22N2OS.ClH/c1-3-4-6-14-7-5-10(13)12-9(2)8-11;/h9H,3-8,11H2,1-2H3,(H,12,13);1H/t9-;/m0./s1. The molecule has 5 heteroatoms. The molecule has 0 saturated heterocycles. The van der Waals surface area contributed by atoms with E-state index in [1.807, 2.05) is 18.7 Å². The molecule has 0 unspecified atom stereocenters. The molecule has 0 aliphatic carbocycles. The Labute approximate surface area is 103 Å². The molecule has 0 saturated carbocycles. The maximum atomic E-state index is 11.3. The number of hydrogen-bond donors (Lipinski definition) is 2. The van der Waals surface area contributed by atoms with Crippen molar-refractivity contribution in [2.45, 2.75) is 39.2 Å². The van der Waals surface area contributed by atoms with Gasteiger partial charge in [-0.25, -0.2) is 0 Å². The first-order valence-electron chi connectivity index (χ1n) is 5.27. The number of unbranched alkanes of at least 4 members (excludes halogenated alkanes) is 1. The smallest absolute Gasteiger partial charge is 0.221 e. The first kappa shape index (κ1) is 17.5. The lowest BCUT2D eigenvalue weighted by atomic mass is 10.3. The van der Waals surface area contributed by atoms with Crippen LogP contribution >= 0.6 is 24.2 Å². The predicted octanol–water partition coefficient (Wildman–Crippen LogP) is 1.79. The summed E-state index contributed by atoms with van der Waals surface area (Å²) in [7, 11) is 0. The number of carbonyl (C=O) groups is 1. The van der Waals surface area contributed by atoms with Crippen molar-refractivity contribution in [1.82, 2.24) is 5.32 Å². The van der Waals surface area contributed by atoms with E-state index < -0.39 is 0 Å². The van der Waals surface area contributed by atoms with Gasteiger partial charge in [0.1, 0.15) is 0 Å². The van der Waals surface area contributed by atoms with E-state index in [0.717, 1.165) is 11.5 Å². The van der Waals surface area contributed by atoms with Gasteiger partial charge in [0, 0.05) is 24.8 Å². The van der Waals surface area contributed by atoms with E-state index in [1.165, 1.54) is 12.8 Å². The zero-order valence-corrected chi connectivity index (χ0v) is 11.3. The van der Waals surface area contributed by atoms with E-state index >= 15 is 0 Å². The molecule has 0 aromatic heterocycles. The summed E-state index contributed by atoms with van der Waals surface area (Å²) in [6.07, 6.45) is 3.08. The number of hydrogen-bond acceptors (Lipinski definition) is 3. The first-order chi connectivity index (χ1) is 6.70. The van der Waals surface area contributed by atoms with Gasteiger partial charge in [-0.2, -0.15) is 11.8 Å². The third-order valence-electron chi connectivity index (χ3n) is 1.88. The molecule has 0 aromatic carbocycles. The fraction of sp³-hybridized carbons (Fsp3) is 0.900. The van der Waals surface area contributed by atoms with E-state index in [1.54, 1.807) is 0 Å². The summed E-state index contributed by atoms with van der Waals surface area (Å²) in [6.45, 7) is 4.60. The van der Waals surface area contributed by atoms with Gasteiger partial charge in [0.25, 0.3) is 0 Å². The second-order valence-electron chi connectivity index (χ2n) is 3.42. The number of halogens is 1. The highest BCUT2D eigenvalue weighted by Crippen LogP contribution is 2.05. The molecular weight excluding hydrogens is 232 g/mol. The monoisotopic (exact) mass is 254 g/mol. The van der Waals surface area contributed by atoms with Crippen LogP contribution in [0.25, 0.3) is 0 Å². The zero-order chi connectivity index (χ0) is 10.8. The van der Waals surface area contributed by atoms with Gasteiger partial charge < -0.3 is 11.1 Å². The molecule has 15 heavy (non-hydrogen) atoms. The molecule has 0 spiro atoms. The van der Waals surface area contributed by atoms with Gasteiger partial charge in [-0.3, -0.25) is 4.79 Å². The summed E-state index contributed by atoms with van der Waals surface area (Å²) in [5.74, 6) is 2.20. The highest BCUT2D eigenvalue weighted by atomic mass is 35.5. The minimum Gasteiger partial charge on any atom is -0.352 e. The van der Waals surface area contributed by atoms with E-state index in [2.05, 4.69) is 12.2 Å². The van der Waals surface area contributed by atoms with Crippen LogP contribution in [-0.4, -0.2) is 30.0 Å². The molecule has 3 nitrogen and oxygen atoms in total. The van der Waals surface area contributed by atoms with Gasteiger partial charge in [0.15, 0.2) is 0 Å². The molecule has 1 atom stereocenters. The Morgan fingerprint density at radius 2 is 2.13 bits per heavy atom. The second-order valence-corrected chi connectivity index (χ2v) is 4.64. The van der Waals surface area contributed by atoms with Crippen molar-refractivity contribution in [1.29, 1.82) is 0 Å². The number of rotatable bonds is 8. The minimum absolute atomic E-state index is 0. The summed E-state index contributed by atoms with van der Waals surface area (Å²) in [5, 5.41) is 2.84. The van der Waals surface area contributed by atoms with Crippen LogP contribution in [-0.2, 0) is 4.79 Å². The van der Waals surface area contributed by atoms with E-state index in [9.17, 15) is 4.79 Å². The topological polar surface area (TPSA) is 55.1 Å². The van der Waals surface area contributed by atoms with Gasteiger partial charge in [-0.05, 0) is 19.1 Å². The van der Waals surface area contributed by atoms with Crippen molar-refractivity contribution in [3.8, 4) is 0 Å². The molecule has 0 fully saturated rings. The van der Waals surface area contributed by atoms with Crippen LogP contribution in [0.1, 0.15) is 33.1 Å². The van der Waals surface area contributed by atoms with Crippen molar-refractivity contribution in [3.05, 3.63) is 0 Å². The fourth-order valence-corrected chi connectivity index (χ4v) is 1.95. The van der Waals surface area contributed by atoms with Gasteiger partial charge >= 0.3 is 0 Å². The van der Waals surface area contributed by atoms with Crippen molar-refractivity contribution in [2.24, 2.45) is 5.73 Å². The number of nitrogens with two attached hydrogens (primary N) is 1.